The fourth-order valence-electron chi connectivity index (χ4n) is 4.49. The van der Waals surface area contributed by atoms with Crippen molar-refractivity contribution in [2.75, 3.05) is 46.5 Å². The summed E-state index contributed by atoms with van der Waals surface area (Å²) < 4.78 is 5.14. The SMILES string of the molecule is COCCON1CCNC1C1(C2NCCN2C(C)C)NC(C)=NC1C. The van der Waals surface area contributed by atoms with E-state index < -0.39 is 0 Å². The lowest BCUT2D eigenvalue weighted by molar-refractivity contribution is -0.200. The lowest BCUT2D eigenvalue weighted by Gasteiger charge is -2.49. The molecule has 144 valence electrons. The summed E-state index contributed by atoms with van der Waals surface area (Å²) in [6, 6.07) is 0.601. The number of aliphatic imine (C=N–C) groups is 1. The molecule has 0 spiro atoms. The van der Waals surface area contributed by atoms with Gasteiger partial charge in [-0.25, -0.2) is 0 Å². The maximum Gasteiger partial charge on any atom is 0.120 e. The smallest absolute Gasteiger partial charge is 0.120 e. The van der Waals surface area contributed by atoms with Crippen LogP contribution in [0.2, 0.25) is 0 Å². The molecule has 2 fully saturated rings. The molecule has 3 aliphatic heterocycles. The van der Waals surface area contributed by atoms with Gasteiger partial charge in [0.15, 0.2) is 0 Å². The average Bonchev–Trinajstić information content (AvgIpc) is 3.26. The van der Waals surface area contributed by atoms with Crippen molar-refractivity contribution in [3.63, 3.8) is 0 Å². The molecule has 0 bridgehead atoms. The third kappa shape index (κ3) is 3.43. The van der Waals surface area contributed by atoms with Crippen molar-refractivity contribution in [2.24, 2.45) is 4.99 Å². The van der Waals surface area contributed by atoms with Gasteiger partial charge in [-0.2, -0.15) is 5.06 Å². The number of rotatable bonds is 7. The first-order valence-corrected chi connectivity index (χ1v) is 9.44. The zero-order valence-corrected chi connectivity index (χ0v) is 16.2. The van der Waals surface area contributed by atoms with Gasteiger partial charge in [0.2, 0.25) is 0 Å². The minimum Gasteiger partial charge on any atom is -0.382 e. The average molecular weight is 354 g/mol. The molecular formula is C17H34N6O2. The van der Waals surface area contributed by atoms with Crippen molar-refractivity contribution in [2.45, 2.75) is 57.6 Å². The van der Waals surface area contributed by atoms with E-state index in [2.05, 4.69) is 53.6 Å². The van der Waals surface area contributed by atoms with E-state index in [-0.39, 0.29) is 23.9 Å². The van der Waals surface area contributed by atoms with Crippen molar-refractivity contribution in [1.82, 2.24) is 25.9 Å². The van der Waals surface area contributed by atoms with E-state index in [1.165, 1.54) is 0 Å². The third-order valence-corrected chi connectivity index (χ3v) is 5.59. The number of amidine groups is 1. The fourth-order valence-corrected chi connectivity index (χ4v) is 4.49. The molecule has 0 aromatic heterocycles. The highest BCUT2D eigenvalue weighted by Gasteiger charge is 2.59. The van der Waals surface area contributed by atoms with Gasteiger partial charge in [0.05, 0.1) is 31.3 Å². The zero-order valence-electron chi connectivity index (χ0n) is 16.2. The molecule has 3 aliphatic rings. The summed E-state index contributed by atoms with van der Waals surface area (Å²) >= 11 is 0. The van der Waals surface area contributed by atoms with E-state index in [1.807, 2.05) is 0 Å². The summed E-state index contributed by atoms with van der Waals surface area (Å²) in [5, 5.41) is 13.2. The van der Waals surface area contributed by atoms with E-state index >= 15 is 0 Å². The number of hydrogen-bond acceptors (Lipinski definition) is 8. The maximum atomic E-state index is 6.04. The molecule has 4 unspecified atom stereocenters. The van der Waals surface area contributed by atoms with Crippen LogP contribution >= 0.6 is 0 Å². The number of nitrogens with one attached hydrogen (secondary N) is 3. The summed E-state index contributed by atoms with van der Waals surface area (Å²) in [6.45, 7) is 13.7. The van der Waals surface area contributed by atoms with Crippen LogP contribution in [0.4, 0.5) is 0 Å². The molecule has 4 atom stereocenters. The van der Waals surface area contributed by atoms with Crippen molar-refractivity contribution in [3.8, 4) is 0 Å². The van der Waals surface area contributed by atoms with Crippen LogP contribution in [0.15, 0.2) is 4.99 Å². The molecule has 8 heteroatoms. The van der Waals surface area contributed by atoms with Crippen molar-refractivity contribution in [3.05, 3.63) is 0 Å². The third-order valence-electron chi connectivity index (χ3n) is 5.59. The Morgan fingerprint density at radius 3 is 2.56 bits per heavy atom. The van der Waals surface area contributed by atoms with Crippen molar-refractivity contribution in [1.29, 1.82) is 0 Å². The Hall–Kier alpha value is -0.770. The molecular weight excluding hydrogens is 320 g/mol. The molecule has 0 amide bonds. The van der Waals surface area contributed by atoms with E-state index in [0.717, 1.165) is 32.0 Å². The molecule has 3 heterocycles. The fraction of sp³-hybridized carbons (Fsp3) is 0.941. The minimum atomic E-state index is -0.283. The second kappa shape index (κ2) is 7.85. The number of nitrogens with zero attached hydrogens (tertiary/aromatic N) is 3. The van der Waals surface area contributed by atoms with Crippen molar-refractivity contribution >= 4 is 5.84 Å². The Labute approximate surface area is 151 Å². The first-order chi connectivity index (χ1) is 12.0. The van der Waals surface area contributed by atoms with Crippen LogP contribution in [0.5, 0.6) is 0 Å². The highest BCUT2D eigenvalue weighted by atomic mass is 16.7. The Kier molecular flexibility index (Phi) is 5.97. The van der Waals surface area contributed by atoms with Crippen LogP contribution in [0, 0.1) is 0 Å². The standard InChI is InChI=1S/C17H34N6O2/c1-12(2)22-8-6-18-15(22)17(13(3)20-14(4)21-17)16-19-7-9-23(16)25-11-10-24-5/h12-13,15-16,18-19H,6-11H2,1-5H3,(H,20,21). The lowest BCUT2D eigenvalue weighted by atomic mass is 9.84. The van der Waals surface area contributed by atoms with Gasteiger partial charge in [0.25, 0.3) is 0 Å². The summed E-state index contributed by atoms with van der Waals surface area (Å²) in [6.07, 6.45) is 0.227. The summed E-state index contributed by atoms with van der Waals surface area (Å²) in [4.78, 5) is 13.4. The molecule has 25 heavy (non-hydrogen) atoms. The van der Waals surface area contributed by atoms with E-state index in [4.69, 9.17) is 14.6 Å². The van der Waals surface area contributed by atoms with Crippen LogP contribution in [0.1, 0.15) is 27.7 Å². The molecule has 3 N–H and O–H groups in total. The molecule has 0 radical (unpaired) electrons. The van der Waals surface area contributed by atoms with Crippen LogP contribution < -0.4 is 16.0 Å². The van der Waals surface area contributed by atoms with Gasteiger partial charge in [0, 0.05) is 39.3 Å². The van der Waals surface area contributed by atoms with Gasteiger partial charge in [0.1, 0.15) is 11.7 Å². The van der Waals surface area contributed by atoms with Gasteiger partial charge in [-0.05, 0) is 27.7 Å². The Morgan fingerprint density at radius 1 is 1.20 bits per heavy atom. The Bertz CT molecular complexity index is 488. The number of methoxy groups -OCH3 is 1. The summed E-state index contributed by atoms with van der Waals surface area (Å²) in [5.41, 5.74) is -0.283. The molecule has 8 nitrogen and oxygen atoms in total. The topological polar surface area (TPSA) is 73.4 Å². The van der Waals surface area contributed by atoms with Gasteiger partial charge in [-0.15, -0.1) is 0 Å². The minimum absolute atomic E-state index is 0.0393. The zero-order chi connectivity index (χ0) is 18.0. The molecule has 0 aromatic carbocycles. The van der Waals surface area contributed by atoms with Crippen LogP contribution in [0.25, 0.3) is 0 Å². The molecule has 2 saturated heterocycles. The molecule has 0 aliphatic carbocycles. The molecule has 0 aromatic rings. The second-order valence-corrected chi connectivity index (χ2v) is 7.46. The quantitative estimate of drug-likeness (QED) is 0.537. The van der Waals surface area contributed by atoms with Gasteiger partial charge < -0.3 is 10.1 Å². The lowest BCUT2D eigenvalue weighted by Crippen LogP contribution is -2.76. The van der Waals surface area contributed by atoms with E-state index in [1.54, 1.807) is 7.11 Å². The first-order valence-electron chi connectivity index (χ1n) is 9.44. The molecule has 3 rings (SSSR count). The monoisotopic (exact) mass is 354 g/mol. The summed E-state index contributed by atoms with van der Waals surface area (Å²) in [5.74, 6) is 0.996. The Balaban J connectivity index is 1.87. The normalized spacial score (nSPS) is 37.0. The predicted octanol–water partition coefficient (Wildman–Crippen LogP) is -0.416. The van der Waals surface area contributed by atoms with Gasteiger partial charge in [-0.1, -0.05) is 0 Å². The number of hydrogen-bond donors (Lipinski definition) is 3. The number of hydroxylamine groups is 2. The highest BCUT2D eigenvalue weighted by Crippen LogP contribution is 2.34. The highest BCUT2D eigenvalue weighted by molar-refractivity contribution is 5.83. The van der Waals surface area contributed by atoms with Crippen LogP contribution in [0.3, 0.4) is 0 Å². The van der Waals surface area contributed by atoms with E-state index in [9.17, 15) is 0 Å². The van der Waals surface area contributed by atoms with Crippen LogP contribution in [-0.2, 0) is 9.57 Å². The molecule has 0 saturated carbocycles. The van der Waals surface area contributed by atoms with E-state index in [0.29, 0.717) is 19.3 Å². The van der Waals surface area contributed by atoms with Crippen molar-refractivity contribution < 1.29 is 9.57 Å². The number of ether oxygens (including phenoxy) is 1. The predicted molar refractivity (Wildman–Crippen MR) is 98.4 cm³/mol. The largest absolute Gasteiger partial charge is 0.382 e. The maximum absolute atomic E-state index is 6.04. The van der Waals surface area contributed by atoms with Crippen LogP contribution in [-0.4, -0.2) is 92.3 Å². The van der Waals surface area contributed by atoms with Gasteiger partial charge >= 0.3 is 0 Å². The summed E-state index contributed by atoms with van der Waals surface area (Å²) in [7, 11) is 1.70. The van der Waals surface area contributed by atoms with Gasteiger partial charge in [-0.3, -0.25) is 25.4 Å². The second-order valence-electron chi connectivity index (χ2n) is 7.46. The Morgan fingerprint density at radius 2 is 1.92 bits per heavy atom. The first kappa shape index (κ1) is 19.0.